The largest absolute Gasteiger partial charge is 0.490 e. The zero-order valence-electron chi connectivity index (χ0n) is 20.0. The molecule has 1 fully saturated rings. The van der Waals surface area contributed by atoms with Gasteiger partial charge in [0.1, 0.15) is 5.75 Å². The van der Waals surface area contributed by atoms with E-state index in [1.165, 1.54) is 6.08 Å². The van der Waals surface area contributed by atoms with E-state index in [1.54, 1.807) is 22.2 Å². The fourth-order valence-corrected chi connectivity index (χ4v) is 4.57. The number of anilines is 1. The number of carboxylic acid groups (broad SMARTS) is 1. The molecule has 200 valence electrons. The monoisotopic (exact) mass is 550 g/mol. The molecule has 2 aliphatic heterocycles. The van der Waals surface area contributed by atoms with Crippen LogP contribution in [0.2, 0.25) is 5.02 Å². The summed E-state index contributed by atoms with van der Waals surface area (Å²) < 4.78 is 37.5. The van der Waals surface area contributed by atoms with E-state index < -0.39 is 12.1 Å². The summed E-state index contributed by atoms with van der Waals surface area (Å²) in [6.45, 7) is 7.24. The van der Waals surface area contributed by atoms with Gasteiger partial charge in [0.15, 0.2) is 6.61 Å². The number of aromatic nitrogens is 2. The maximum absolute atomic E-state index is 12.6. The Morgan fingerprint density at radius 2 is 2.00 bits per heavy atom. The molecule has 0 unspecified atom stereocenters. The summed E-state index contributed by atoms with van der Waals surface area (Å²) in [5.41, 5.74) is 5.23. The average molecular weight is 551 g/mol. The maximum atomic E-state index is 12.6. The van der Waals surface area contributed by atoms with E-state index in [0.717, 1.165) is 27.7 Å². The third kappa shape index (κ3) is 5.30. The molecule has 0 spiro atoms. The number of halogens is 4. The predicted octanol–water partition coefficient (Wildman–Crippen LogP) is 4.19. The third-order valence-electron chi connectivity index (χ3n) is 6.19. The van der Waals surface area contributed by atoms with Crippen LogP contribution in [0.3, 0.4) is 0 Å². The van der Waals surface area contributed by atoms with E-state index >= 15 is 0 Å². The summed E-state index contributed by atoms with van der Waals surface area (Å²) in [5.74, 6) is -2.13. The molecule has 1 aromatic heterocycles. The predicted molar refractivity (Wildman–Crippen MR) is 133 cm³/mol. The van der Waals surface area contributed by atoms with Crippen molar-refractivity contribution in [3.05, 3.63) is 53.8 Å². The molecule has 13 heteroatoms. The van der Waals surface area contributed by atoms with Gasteiger partial charge in [-0.2, -0.15) is 13.2 Å². The molecule has 5 rings (SSSR count). The molecule has 0 bridgehead atoms. The number of carbonyl (C=O) groups excluding carboxylic acids is 2. The number of nitrogens with one attached hydrogen (secondary N) is 1. The van der Waals surface area contributed by atoms with Crippen LogP contribution in [0.25, 0.3) is 22.2 Å². The fraction of sp³-hybridized carbons (Fsp3) is 0.280. The lowest BCUT2D eigenvalue weighted by Gasteiger charge is -2.42. The molecule has 0 radical (unpaired) electrons. The van der Waals surface area contributed by atoms with Crippen molar-refractivity contribution < 1.29 is 37.4 Å². The SMILES string of the molecule is C=CC(=O)N1CC(CN2C(=O)COc3cc(-c4c(C)ccc5[nH]cnc45)c(Cl)cc32)C1.O=C(O)C(F)(F)F. The lowest BCUT2D eigenvalue weighted by Crippen LogP contribution is -2.55. The zero-order chi connectivity index (χ0) is 27.8. The average Bonchev–Trinajstić information content (AvgIpc) is 3.30. The molecular formula is C25H22ClF3N4O5. The van der Waals surface area contributed by atoms with Gasteiger partial charge in [-0.1, -0.05) is 24.2 Å². The van der Waals surface area contributed by atoms with Crippen molar-refractivity contribution in [2.24, 2.45) is 5.92 Å². The highest BCUT2D eigenvalue weighted by Gasteiger charge is 2.38. The van der Waals surface area contributed by atoms with Gasteiger partial charge in [0.2, 0.25) is 5.91 Å². The minimum Gasteiger partial charge on any atom is -0.482 e. The Bertz CT molecular complexity index is 1430. The molecule has 2 amide bonds. The summed E-state index contributed by atoms with van der Waals surface area (Å²) in [5, 5.41) is 7.65. The summed E-state index contributed by atoms with van der Waals surface area (Å²) in [6.07, 6.45) is -2.11. The van der Waals surface area contributed by atoms with Crippen LogP contribution in [0.4, 0.5) is 18.9 Å². The van der Waals surface area contributed by atoms with E-state index in [2.05, 4.69) is 16.5 Å². The van der Waals surface area contributed by atoms with Crippen molar-refractivity contribution in [2.45, 2.75) is 13.1 Å². The first-order valence-corrected chi connectivity index (χ1v) is 11.7. The highest BCUT2D eigenvalue weighted by molar-refractivity contribution is 6.34. The van der Waals surface area contributed by atoms with Gasteiger partial charge in [-0.25, -0.2) is 9.78 Å². The number of benzene rings is 2. The number of imidazole rings is 1. The molecule has 0 saturated carbocycles. The number of carbonyl (C=O) groups is 3. The number of ether oxygens (including phenoxy) is 1. The van der Waals surface area contributed by atoms with E-state index in [-0.39, 0.29) is 24.3 Å². The molecule has 2 aromatic carbocycles. The number of likely N-dealkylation sites (tertiary alicyclic amines) is 1. The van der Waals surface area contributed by atoms with Crippen LogP contribution in [0.15, 0.2) is 43.2 Å². The molecule has 9 nitrogen and oxygen atoms in total. The number of fused-ring (bicyclic) bond motifs is 2. The topological polar surface area (TPSA) is 116 Å². The van der Waals surface area contributed by atoms with Gasteiger partial charge < -0.3 is 24.6 Å². The molecule has 0 aliphatic carbocycles. The molecule has 0 atom stereocenters. The van der Waals surface area contributed by atoms with Crippen LogP contribution in [-0.2, 0) is 14.4 Å². The number of hydrogen-bond donors (Lipinski definition) is 2. The fourth-order valence-electron chi connectivity index (χ4n) is 4.31. The van der Waals surface area contributed by atoms with Crippen molar-refractivity contribution >= 4 is 46.1 Å². The van der Waals surface area contributed by atoms with E-state index in [4.69, 9.17) is 26.2 Å². The second-order valence-electron chi connectivity index (χ2n) is 8.77. The lowest BCUT2D eigenvalue weighted by atomic mass is 9.96. The molecule has 2 N–H and O–H groups in total. The van der Waals surface area contributed by atoms with Crippen LogP contribution >= 0.6 is 11.6 Å². The minimum absolute atomic E-state index is 0.0261. The third-order valence-corrected chi connectivity index (χ3v) is 6.50. The number of alkyl halides is 3. The first kappa shape index (κ1) is 27.0. The summed E-state index contributed by atoms with van der Waals surface area (Å²) in [6, 6.07) is 7.69. The van der Waals surface area contributed by atoms with Gasteiger partial charge in [0, 0.05) is 36.7 Å². The van der Waals surface area contributed by atoms with Crippen LogP contribution in [0.5, 0.6) is 5.75 Å². The Kier molecular flexibility index (Phi) is 7.36. The van der Waals surface area contributed by atoms with Crippen LogP contribution in [0.1, 0.15) is 5.56 Å². The number of H-pyrrole nitrogens is 1. The second kappa shape index (κ2) is 10.4. The lowest BCUT2D eigenvalue weighted by molar-refractivity contribution is -0.192. The van der Waals surface area contributed by atoms with Gasteiger partial charge in [-0.05, 0) is 36.8 Å². The quantitative estimate of drug-likeness (QED) is 0.471. The number of rotatable bonds is 4. The smallest absolute Gasteiger partial charge is 0.482 e. The van der Waals surface area contributed by atoms with Crippen LogP contribution in [-0.4, -0.2) is 70.2 Å². The standard InChI is InChI=1S/C23H21ClN4O3.C2HF3O2/c1-3-20(29)27-8-14(9-27)10-28-18-7-16(24)15(6-19(18)31-11-21(28)30)22-13(2)4-5-17-23(22)26-12-25-17;3-2(4,5)1(6)7/h3-7,12,14H,1,8-11H2,2H3,(H,25,26);(H,6,7). The molecule has 2 aliphatic rings. The first-order valence-electron chi connectivity index (χ1n) is 11.3. The maximum Gasteiger partial charge on any atom is 0.490 e. The molecule has 38 heavy (non-hydrogen) atoms. The zero-order valence-corrected chi connectivity index (χ0v) is 20.8. The van der Waals surface area contributed by atoms with Gasteiger partial charge in [-0.3, -0.25) is 9.59 Å². The minimum atomic E-state index is -5.08. The number of amides is 2. The Morgan fingerprint density at radius 1 is 1.32 bits per heavy atom. The van der Waals surface area contributed by atoms with Crippen molar-refractivity contribution in [3.63, 3.8) is 0 Å². The molecule has 3 heterocycles. The van der Waals surface area contributed by atoms with Crippen LogP contribution in [0, 0.1) is 12.8 Å². The summed E-state index contributed by atoms with van der Waals surface area (Å²) >= 11 is 6.72. The van der Waals surface area contributed by atoms with E-state index in [1.807, 2.05) is 25.1 Å². The van der Waals surface area contributed by atoms with Gasteiger partial charge in [0.25, 0.3) is 5.91 Å². The highest BCUT2D eigenvalue weighted by atomic mass is 35.5. The van der Waals surface area contributed by atoms with E-state index in [0.29, 0.717) is 36.1 Å². The van der Waals surface area contributed by atoms with Gasteiger partial charge in [0.05, 0.1) is 28.1 Å². The molecule has 3 aromatic rings. The number of nitrogens with zero attached hydrogens (tertiary/aromatic N) is 3. The summed E-state index contributed by atoms with van der Waals surface area (Å²) in [4.78, 5) is 44.2. The first-order chi connectivity index (χ1) is 17.9. The normalized spacial score (nSPS) is 15.2. The number of hydrogen-bond acceptors (Lipinski definition) is 5. The van der Waals surface area contributed by atoms with E-state index in [9.17, 15) is 22.8 Å². The van der Waals surface area contributed by atoms with Crippen molar-refractivity contribution in [1.82, 2.24) is 14.9 Å². The van der Waals surface area contributed by atoms with Crippen molar-refractivity contribution in [1.29, 1.82) is 0 Å². The Hall–Kier alpha value is -4.06. The number of aromatic amines is 1. The van der Waals surface area contributed by atoms with Gasteiger partial charge in [-0.15, -0.1) is 0 Å². The van der Waals surface area contributed by atoms with Crippen molar-refractivity contribution in [2.75, 3.05) is 31.1 Å². The van der Waals surface area contributed by atoms with Gasteiger partial charge >= 0.3 is 12.1 Å². The number of carboxylic acids is 1. The highest BCUT2D eigenvalue weighted by Crippen LogP contribution is 2.43. The van der Waals surface area contributed by atoms with Crippen molar-refractivity contribution in [3.8, 4) is 16.9 Å². The number of aryl methyl sites for hydroxylation is 1. The molecular weight excluding hydrogens is 529 g/mol. The number of aliphatic carboxylic acids is 1. The molecule has 1 saturated heterocycles. The Labute approximate surface area is 219 Å². The Morgan fingerprint density at radius 3 is 2.63 bits per heavy atom. The second-order valence-corrected chi connectivity index (χ2v) is 9.17. The Balaban J connectivity index is 0.000000426. The van der Waals surface area contributed by atoms with Crippen LogP contribution < -0.4 is 9.64 Å². The summed E-state index contributed by atoms with van der Waals surface area (Å²) in [7, 11) is 0.